The summed E-state index contributed by atoms with van der Waals surface area (Å²) in [6.07, 6.45) is 1.74. The van der Waals surface area contributed by atoms with E-state index in [1.165, 1.54) is 0 Å². The fourth-order valence-corrected chi connectivity index (χ4v) is 2.69. The molecule has 2 aromatic rings. The van der Waals surface area contributed by atoms with E-state index in [0.717, 1.165) is 28.5 Å². The first-order chi connectivity index (χ1) is 11.4. The molecule has 0 saturated heterocycles. The normalized spacial score (nSPS) is 12.5. The Balaban J connectivity index is 2.04. The number of hydrogen-bond donors (Lipinski definition) is 2. The number of aryl methyl sites for hydroxylation is 2. The summed E-state index contributed by atoms with van der Waals surface area (Å²) in [5, 5.41) is 11.8. The molecule has 0 bridgehead atoms. The van der Waals surface area contributed by atoms with Gasteiger partial charge >= 0.3 is 0 Å². The van der Waals surface area contributed by atoms with Gasteiger partial charge in [-0.1, -0.05) is 5.16 Å². The lowest BCUT2D eigenvalue weighted by Gasteiger charge is -2.13. The quantitative estimate of drug-likeness (QED) is 0.473. The monoisotopic (exact) mass is 349 g/mol. The van der Waals surface area contributed by atoms with Crippen LogP contribution in [0.3, 0.4) is 0 Å². The number of hydrogen-bond acceptors (Lipinski definition) is 5. The summed E-state index contributed by atoms with van der Waals surface area (Å²) in [6, 6.07) is 4.05. The minimum Gasteiger partial charge on any atom is -0.383 e. The Hall–Kier alpha value is -2.19. The van der Waals surface area contributed by atoms with Crippen molar-refractivity contribution in [3.63, 3.8) is 0 Å². The van der Waals surface area contributed by atoms with Crippen LogP contribution in [0.15, 0.2) is 21.8 Å². The lowest BCUT2D eigenvalue weighted by molar-refractivity contribution is 0.179. The molecule has 0 aliphatic carbocycles. The van der Waals surface area contributed by atoms with Gasteiger partial charge in [0.05, 0.1) is 12.8 Å². The zero-order valence-corrected chi connectivity index (χ0v) is 15.4. The van der Waals surface area contributed by atoms with Gasteiger partial charge in [0.2, 0.25) is 0 Å². The van der Waals surface area contributed by atoms with E-state index < -0.39 is 0 Å². The van der Waals surface area contributed by atoms with E-state index in [1.807, 2.05) is 44.4 Å². The van der Waals surface area contributed by atoms with Crippen LogP contribution in [0.2, 0.25) is 0 Å². The molecule has 0 aliphatic heterocycles. The van der Waals surface area contributed by atoms with Crippen molar-refractivity contribution in [3.8, 4) is 5.82 Å². The van der Waals surface area contributed by atoms with Gasteiger partial charge in [0, 0.05) is 36.2 Å². The van der Waals surface area contributed by atoms with Crippen molar-refractivity contribution >= 4 is 23.5 Å². The van der Waals surface area contributed by atoms with E-state index >= 15 is 0 Å². The van der Waals surface area contributed by atoms with Crippen LogP contribution in [0.25, 0.3) is 5.82 Å². The number of nitrogens with one attached hydrogen (secondary N) is 2. The molecule has 24 heavy (non-hydrogen) atoms. The minimum atomic E-state index is 0.116. The molecule has 2 heterocycles. The molecule has 0 aliphatic rings. The van der Waals surface area contributed by atoms with Crippen LogP contribution in [0, 0.1) is 20.8 Å². The van der Waals surface area contributed by atoms with Gasteiger partial charge in [-0.2, -0.15) is 5.10 Å². The number of ether oxygens (including phenoxy) is 1. The average Bonchev–Trinajstić information content (AvgIpc) is 3.03. The molecule has 7 nitrogen and oxygen atoms in total. The van der Waals surface area contributed by atoms with Crippen molar-refractivity contribution < 1.29 is 9.26 Å². The molecule has 0 radical (unpaired) electrons. The molecule has 0 saturated carbocycles. The van der Waals surface area contributed by atoms with E-state index in [9.17, 15) is 0 Å². The highest BCUT2D eigenvalue weighted by atomic mass is 32.1. The molecular weight excluding hydrogens is 326 g/mol. The van der Waals surface area contributed by atoms with Gasteiger partial charge in [-0.05, 0) is 46.0 Å². The lowest BCUT2D eigenvalue weighted by Crippen LogP contribution is -2.40. The summed E-state index contributed by atoms with van der Waals surface area (Å²) in [5.74, 6) is 1.54. The molecule has 2 aromatic heterocycles. The molecule has 0 unspecified atom stereocenters. The molecule has 2 rings (SSSR count). The van der Waals surface area contributed by atoms with E-state index in [-0.39, 0.29) is 6.04 Å². The van der Waals surface area contributed by atoms with Gasteiger partial charge in [-0.15, -0.1) is 0 Å². The molecule has 2 N–H and O–H groups in total. The molecular formula is C16H23N5O2S. The number of hydrazone groups is 1. The van der Waals surface area contributed by atoms with Crippen molar-refractivity contribution in [1.29, 1.82) is 0 Å². The third kappa shape index (κ3) is 4.42. The summed E-state index contributed by atoms with van der Waals surface area (Å²) in [5.41, 5.74) is 5.87. The summed E-state index contributed by atoms with van der Waals surface area (Å²) in [6.45, 7) is 8.45. The molecule has 1 atom stereocenters. The van der Waals surface area contributed by atoms with Gasteiger partial charge < -0.3 is 14.6 Å². The fraction of sp³-hybridized carbons (Fsp3) is 0.438. The number of thiocarbonyl (C=S) groups is 1. The highest BCUT2D eigenvalue weighted by Gasteiger charge is 2.12. The van der Waals surface area contributed by atoms with E-state index in [1.54, 1.807) is 13.3 Å². The Kier molecular flexibility index (Phi) is 6.10. The predicted molar refractivity (Wildman–Crippen MR) is 97.8 cm³/mol. The average molecular weight is 349 g/mol. The first-order valence-corrected chi connectivity index (χ1v) is 8.04. The van der Waals surface area contributed by atoms with E-state index in [0.29, 0.717) is 11.7 Å². The van der Waals surface area contributed by atoms with E-state index in [4.69, 9.17) is 21.5 Å². The van der Waals surface area contributed by atoms with Crippen molar-refractivity contribution in [2.75, 3.05) is 13.7 Å². The minimum absolute atomic E-state index is 0.116. The second-order valence-corrected chi connectivity index (χ2v) is 6.07. The van der Waals surface area contributed by atoms with Gasteiger partial charge in [-0.25, -0.2) is 0 Å². The standard InChI is InChI=1S/C16H23N5O2S/c1-10(9-22-5)18-16(24)19-17-8-14-6-11(2)21(13(14)4)15-7-12(3)23-20-15/h6-8,10H,9H2,1-5H3,(H2,18,19,24)/b17-8-/t10-/m1/s1. The first kappa shape index (κ1) is 18.2. The Bertz CT molecular complexity index is 735. The van der Waals surface area contributed by atoms with Crippen molar-refractivity contribution in [3.05, 3.63) is 34.8 Å². The number of rotatable bonds is 6. The Labute approximate surface area is 147 Å². The Morgan fingerprint density at radius 2 is 2.21 bits per heavy atom. The van der Waals surface area contributed by atoms with Crippen molar-refractivity contribution in [2.24, 2.45) is 5.10 Å². The number of nitrogens with zero attached hydrogens (tertiary/aromatic N) is 3. The SMILES string of the molecule is COC[C@@H](C)NC(=S)N/N=C\c1cc(C)n(-c2cc(C)on2)c1C. The van der Waals surface area contributed by atoms with E-state index in [2.05, 4.69) is 21.0 Å². The Morgan fingerprint density at radius 3 is 2.83 bits per heavy atom. The van der Waals surface area contributed by atoms with Crippen LogP contribution in [0.1, 0.15) is 29.6 Å². The first-order valence-electron chi connectivity index (χ1n) is 7.63. The highest BCUT2D eigenvalue weighted by Crippen LogP contribution is 2.19. The van der Waals surface area contributed by atoms with Crippen LogP contribution in [0.5, 0.6) is 0 Å². The Morgan fingerprint density at radius 1 is 1.46 bits per heavy atom. The third-order valence-corrected chi connectivity index (χ3v) is 3.69. The van der Waals surface area contributed by atoms with Crippen LogP contribution in [-0.2, 0) is 4.74 Å². The summed E-state index contributed by atoms with van der Waals surface area (Å²) >= 11 is 5.18. The topological polar surface area (TPSA) is 76.6 Å². The summed E-state index contributed by atoms with van der Waals surface area (Å²) in [4.78, 5) is 0. The zero-order valence-electron chi connectivity index (χ0n) is 14.6. The molecule has 130 valence electrons. The number of aromatic nitrogens is 2. The van der Waals surface area contributed by atoms with Crippen LogP contribution in [0.4, 0.5) is 0 Å². The maximum absolute atomic E-state index is 5.18. The van der Waals surface area contributed by atoms with Gasteiger partial charge in [0.15, 0.2) is 10.9 Å². The molecule has 0 amide bonds. The second-order valence-electron chi connectivity index (χ2n) is 5.66. The molecule has 0 fully saturated rings. The van der Waals surface area contributed by atoms with Crippen LogP contribution >= 0.6 is 12.2 Å². The summed E-state index contributed by atoms with van der Waals surface area (Å²) in [7, 11) is 1.65. The van der Waals surface area contributed by atoms with Crippen molar-refractivity contribution in [2.45, 2.75) is 33.7 Å². The zero-order chi connectivity index (χ0) is 17.7. The lowest BCUT2D eigenvalue weighted by atomic mass is 10.3. The molecule has 8 heteroatoms. The maximum Gasteiger partial charge on any atom is 0.187 e. The maximum atomic E-state index is 5.18. The smallest absolute Gasteiger partial charge is 0.187 e. The van der Waals surface area contributed by atoms with Gasteiger partial charge in [-0.3, -0.25) is 9.99 Å². The van der Waals surface area contributed by atoms with Crippen molar-refractivity contribution in [1.82, 2.24) is 20.5 Å². The van der Waals surface area contributed by atoms with Gasteiger partial charge in [0.25, 0.3) is 0 Å². The molecule has 0 aromatic carbocycles. The second kappa shape index (κ2) is 8.07. The fourth-order valence-electron chi connectivity index (χ4n) is 2.44. The van der Waals surface area contributed by atoms with Gasteiger partial charge in [0.1, 0.15) is 5.76 Å². The largest absolute Gasteiger partial charge is 0.383 e. The third-order valence-electron chi connectivity index (χ3n) is 3.48. The molecule has 0 spiro atoms. The van der Waals surface area contributed by atoms with Crippen LogP contribution < -0.4 is 10.7 Å². The predicted octanol–water partition coefficient (Wildman–Crippen LogP) is 2.22. The van der Waals surface area contributed by atoms with Crippen LogP contribution in [-0.4, -0.2) is 40.8 Å². The summed E-state index contributed by atoms with van der Waals surface area (Å²) < 4.78 is 12.2. The number of methoxy groups -OCH3 is 1. The highest BCUT2D eigenvalue weighted by molar-refractivity contribution is 7.80.